The number of carbonyl (C=O) groups is 1. The zero-order valence-electron chi connectivity index (χ0n) is 14.3. The zero-order chi connectivity index (χ0) is 16.7. The van der Waals surface area contributed by atoms with Gasteiger partial charge in [0.2, 0.25) is 0 Å². The summed E-state index contributed by atoms with van der Waals surface area (Å²) in [4.78, 5) is 11.7. The third-order valence-corrected chi connectivity index (χ3v) is 4.12. The highest BCUT2D eigenvalue weighted by Gasteiger charge is 2.28. The van der Waals surface area contributed by atoms with Crippen LogP contribution in [0, 0.1) is 5.92 Å². The van der Waals surface area contributed by atoms with Crippen LogP contribution >= 0.6 is 15.9 Å². The van der Waals surface area contributed by atoms with Crippen LogP contribution in [0.5, 0.6) is 0 Å². The van der Waals surface area contributed by atoms with Gasteiger partial charge in [-0.25, -0.2) is 4.79 Å². The van der Waals surface area contributed by atoms with Crippen molar-refractivity contribution >= 4 is 22.0 Å². The molecule has 126 valence electrons. The molecule has 0 aromatic heterocycles. The molecule has 5 nitrogen and oxygen atoms in total. The second kappa shape index (κ2) is 8.96. The van der Waals surface area contributed by atoms with Crippen LogP contribution in [-0.2, 0) is 14.2 Å². The average molecular weight is 368 g/mol. The quantitative estimate of drug-likeness (QED) is 0.668. The van der Waals surface area contributed by atoms with E-state index in [1.54, 1.807) is 7.11 Å². The molecule has 0 bridgehead atoms. The number of hydrogen-bond acceptors (Lipinski definition) is 4. The van der Waals surface area contributed by atoms with Crippen molar-refractivity contribution < 1.29 is 19.0 Å². The van der Waals surface area contributed by atoms with Gasteiger partial charge in [-0.3, -0.25) is 0 Å². The van der Waals surface area contributed by atoms with Crippen LogP contribution < -0.4 is 5.32 Å². The molecule has 2 atom stereocenters. The maximum atomic E-state index is 11.7. The molecule has 0 aromatic carbocycles. The molecule has 0 heterocycles. The first kappa shape index (κ1) is 20.7. The van der Waals surface area contributed by atoms with Gasteiger partial charge in [0.15, 0.2) is 0 Å². The van der Waals surface area contributed by atoms with E-state index < -0.39 is 17.3 Å². The fourth-order valence-corrected chi connectivity index (χ4v) is 1.89. The van der Waals surface area contributed by atoms with Crippen molar-refractivity contribution in [3.8, 4) is 0 Å². The average Bonchev–Trinajstić information content (AvgIpc) is 2.35. The summed E-state index contributed by atoms with van der Waals surface area (Å²) in [7, 11) is 1.68. The Morgan fingerprint density at radius 3 is 2.19 bits per heavy atom. The highest BCUT2D eigenvalue weighted by molar-refractivity contribution is 9.09. The molecular weight excluding hydrogens is 338 g/mol. The number of alkyl carbamates (subject to hydrolysis) is 1. The second-order valence-corrected chi connectivity index (χ2v) is 7.33. The Balaban J connectivity index is 4.37. The van der Waals surface area contributed by atoms with Crippen LogP contribution in [0.4, 0.5) is 4.79 Å². The minimum atomic E-state index is -0.511. The number of ether oxygens (including phenoxy) is 3. The van der Waals surface area contributed by atoms with Crippen molar-refractivity contribution in [3.05, 3.63) is 0 Å². The largest absolute Gasteiger partial charge is 0.444 e. The molecular formula is C15H30BrNO4. The molecule has 6 heteroatoms. The highest BCUT2D eigenvalue weighted by Crippen LogP contribution is 2.16. The van der Waals surface area contributed by atoms with E-state index >= 15 is 0 Å². The monoisotopic (exact) mass is 367 g/mol. The van der Waals surface area contributed by atoms with E-state index in [0.29, 0.717) is 24.4 Å². The molecule has 0 aliphatic carbocycles. The van der Waals surface area contributed by atoms with Gasteiger partial charge < -0.3 is 19.5 Å². The van der Waals surface area contributed by atoms with Gasteiger partial charge in [0, 0.05) is 12.4 Å². The molecule has 0 rings (SSSR count). The zero-order valence-corrected chi connectivity index (χ0v) is 15.9. The van der Waals surface area contributed by atoms with Crippen LogP contribution in [0.25, 0.3) is 0 Å². The smallest absolute Gasteiger partial charge is 0.407 e. The number of halogens is 1. The van der Waals surface area contributed by atoms with Crippen LogP contribution in [0.3, 0.4) is 0 Å². The van der Waals surface area contributed by atoms with Crippen molar-refractivity contribution in [3.63, 3.8) is 0 Å². The standard InChI is InChI=1S/C15H30BrNO4/c1-11(2)12(19-7)8-20-15(6,9-16)10-17-13(18)21-14(3,4)5/h11-12H,8-10H2,1-7H3,(H,17,18). The molecule has 0 radical (unpaired) electrons. The summed E-state index contributed by atoms with van der Waals surface area (Å²) < 4.78 is 16.5. The van der Waals surface area contributed by atoms with E-state index in [0.717, 1.165) is 0 Å². The molecule has 0 aliphatic rings. The maximum absolute atomic E-state index is 11.7. The Hall–Kier alpha value is -0.330. The van der Waals surface area contributed by atoms with Crippen molar-refractivity contribution in [1.82, 2.24) is 5.32 Å². The fourth-order valence-electron chi connectivity index (χ4n) is 1.53. The molecule has 0 spiro atoms. The highest BCUT2D eigenvalue weighted by atomic mass is 79.9. The lowest BCUT2D eigenvalue weighted by atomic mass is 10.1. The molecule has 21 heavy (non-hydrogen) atoms. The van der Waals surface area contributed by atoms with Gasteiger partial charge in [-0.2, -0.15) is 0 Å². The lowest BCUT2D eigenvalue weighted by Crippen LogP contribution is -2.47. The number of methoxy groups -OCH3 is 1. The van der Waals surface area contributed by atoms with E-state index in [1.807, 2.05) is 27.7 Å². The van der Waals surface area contributed by atoms with Gasteiger partial charge >= 0.3 is 6.09 Å². The van der Waals surface area contributed by atoms with Crippen LogP contribution in [0.15, 0.2) is 0 Å². The summed E-state index contributed by atoms with van der Waals surface area (Å²) in [6.45, 7) is 12.4. The third-order valence-electron chi connectivity index (χ3n) is 2.93. The van der Waals surface area contributed by atoms with Crippen LogP contribution in [0.2, 0.25) is 0 Å². The number of nitrogens with one attached hydrogen (secondary N) is 1. The number of alkyl halides is 1. The Kier molecular flexibility index (Phi) is 8.81. The predicted octanol–water partition coefficient (Wildman–Crippen LogP) is 3.35. The summed E-state index contributed by atoms with van der Waals surface area (Å²) >= 11 is 3.43. The molecule has 0 aliphatic heterocycles. The van der Waals surface area contributed by atoms with Gasteiger partial charge in [0.1, 0.15) is 5.60 Å². The van der Waals surface area contributed by atoms with Crippen LogP contribution in [0.1, 0.15) is 41.5 Å². The minimum Gasteiger partial charge on any atom is -0.444 e. The first-order chi connectivity index (χ1) is 9.53. The molecule has 0 fully saturated rings. The maximum Gasteiger partial charge on any atom is 0.407 e. The summed E-state index contributed by atoms with van der Waals surface area (Å²) in [5, 5.41) is 3.35. The van der Waals surface area contributed by atoms with E-state index in [2.05, 4.69) is 35.1 Å². The molecule has 1 N–H and O–H groups in total. The van der Waals surface area contributed by atoms with E-state index in [4.69, 9.17) is 14.2 Å². The molecule has 0 saturated carbocycles. The normalized spacial score (nSPS) is 16.4. The SMILES string of the molecule is COC(COC(C)(CBr)CNC(=O)OC(C)(C)C)C(C)C. The van der Waals surface area contributed by atoms with Crippen molar-refractivity contribution in [1.29, 1.82) is 0 Å². The number of hydrogen-bond donors (Lipinski definition) is 1. The third kappa shape index (κ3) is 9.32. The Bertz CT molecular complexity index is 317. The lowest BCUT2D eigenvalue weighted by molar-refractivity contribution is -0.0781. The van der Waals surface area contributed by atoms with Gasteiger partial charge in [-0.05, 0) is 33.6 Å². The molecule has 0 saturated heterocycles. The first-order valence-corrected chi connectivity index (χ1v) is 8.34. The number of rotatable bonds is 8. The summed E-state index contributed by atoms with van der Waals surface area (Å²) in [6.07, 6.45) is -0.407. The van der Waals surface area contributed by atoms with Crippen LogP contribution in [-0.4, -0.2) is 49.0 Å². The van der Waals surface area contributed by atoms with Gasteiger partial charge in [-0.15, -0.1) is 0 Å². The van der Waals surface area contributed by atoms with Crippen molar-refractivity contribution in [2.75, 3.05) is 25.6 Å². The summed E-state index contributed by atoms with van der Waals surface area (Å²) in [6, 6.07) is 0. The molecule has 0 aromatic rings. The number of carbonyl (C=O) groups excluding carboxylic acids is 1. The lowest BCUT2D eigenvalue weighted by Gasteiger charge is -2.31. The number of amides is 1. The Labute approximate surface area is 137 Å². The molecule has 1 amide bonds. The minimum absolute atomic E-state index is 0.0323. The summed E-state index contributed by atoms with van der Waals surface area (Å²) in [5.74, 6) is 0.369. The summed E-state index contributed by atoms with van der Waals surface area (Å²) in [5.41, 5.74) is -1.02. The second-order valence-electron chi connectivity index (χ2n) is 6.77. The van der Waals surface area contributed by atoms with E-state index in [-0.39, 0.29) is 6.10 Å². The van der Waals surface area contributed by atoms with Gasteiger partial charge in [0.05, 0.1) is 24.9 Å². The Morgan fingerprint density at radius 2 is 1.81 bits per heavy atom. The first-order valence-electron chi connectivity index (χ1n) is 7.22. The van der Waals surface area contributed by atoms with Gasteiger partial charge in [-0.1, -0.05) is 29.8 Å². The van der Waals surface area contributed by atoms with Crippen molar-refractivity contribution in [2.45, 2.75) is 58.8 Å². The topological polar surface area (TPSA) is 56.8 Å². The predicted molar refractivity (Wildman–Crippen MR) is 88.0 cm³/mol. The Morgan fingerprint density at radius 1 is 1.24 bits per heavy atom. The van der Waals surface area contributed by atoms with E-state index in [9.17, 15) is 4.79 Å². The van der Waals surface area contributed by atoms with Crippen molar-refractivity contribution in [2.24, 2.45) is 5.92 Å². The fraction of sp³-hybridized carbons (Fsp3) is 0.933. The molecule has 2 unspecified atom stereocenters. The van der Waals surface area contributed by atoms with Gasteiger partial charge in [0.25, 0.3) is 0 Å². The van der Waals surface area contributed by atoms with E-state index in [1.165, 1.54) is 0 Å².